The summed E-state index contributed by atoms with van der Waals surface area (Å²) in [6.07, 6.45) is -0.973. The van der Waals surface area contributed by atoms with Crippen LogP contribution < -0.4 is 9.47 Å². The van der Waals surface area contributed by atoms with Gasteiger partial charge >= 0.3 is 5.97 Å². The minimum absolute atomic E-state index is 0.0373. The summed E-state index contributed by atoms with van der Waals surface area (Å²) in [6, 6.07) is 6.92. The van der Waals surface area contributed by atoms with E-state index in [0.29, 0.717) is 18.0 Å². The predicted octanol–water partition coefficient (Wildman–Crippen LogP) is 0.386. The second-order valence-electron chi connectivity index (χ2n) is 4.51. The molecule has 21 heavy (non-hydrogen) atoms. The lowest BCUT2D eigenvalue weighted by molar-refractivity contribution is -0.159. The van der Waals surface area contributed by atoms with Crippen molar-refractivity contribution in [1.82, 2.24) is 4.90 Å². The predicted molar refractivity (Wildman–Crippen MR) is 72.4 cm³/mol. The van der Waals surface area contributed by atoms with Crippen LogP contribution in [0.1, 0.15) is 0 Å². The number of aliphatic carboxylic acids is 1. The van der Waals surface area contributed by atoms with Gasteiger partial charge in [0.25, 0.3) is 5.91 Å². The number of nitrogens with zero attached hydrogens (tertiary/aromatic N) is 1. The van der Waals surface area contributed by atoms with Crippen LogP contribution in [0, 0.1) is 0 Å². The third kappa shape index (κ3) is 4.09. The molecule has 114 valence electrons. The second-order valence-corrected chi connectivity index (χ2v) is 4.51. The molecular weight excluding hydrogens is 278 g/mol. The Kier molecular flexibility index (Phi) is 4.99. The average Bonchev–Trinajstić information content (AvgIpc) is 2.53. The number of morpholine rings is 1. The van der Waals surface area contributed by atoms with Crippen molar-refractivity contribution in [2.24, 2.45) is 0 Å². The van der Waals surface area contributed by atoms with E-state index in [1.807, 2.05) is 0 Å². The van der Waals surface area contributed by atoms with Gasteiger partial charge in [-0.2, -0.15) is 0 Å². The Bertz CT molecular complexity index is 518. The van der Waals surface area contributed by atoms with E-state index in [4.69, 9.17) is 19.3 Å². The first kappa shape index (κ1) is 15.1. The molecule has 2 rings (SSSR count). The molecule has 1 aromatic rings. The van der Waals surface area contributed by atoms with E-state index in [9.17, 15) is 9.59 Å². The highest BCUT2D eigenvalue weighted by Gasteiger charge is 2.28. The molecule has 1 atom stereocenters. The van der Waals surface area contributed by atoms with Gasteiger partial charge in [-0.25, -0.2) is 4.79 Å². The van der Waals surface area contributed by atoms with Crippen molar-refractivity contribution in [1.29, 1.82) is 0 Å². The fraction of sp³-hybridized carbons (Fsp3) is 0.429. The topological polar surface area (TPSA) is 85.3 Å². The number of methoxy groups -OCH3 is 1. The number of carboxylic acid groups (broad SMARTS) is 1. The van der Waals surface area contributed by atoms with Gasteiger partial charge in [0.15, 0.2) is 12.7 Å². The van der Waals surface area contributed by atoms with Gasteiger partial charge in [-0.15, -0.1) is 0 Å². The molecule has 1 heterocycles. The van der Waals surface area contributed by atoms with Crippen LogP contribution in [0.25, 0.3) is 0 Å². The summed E-state index contributed by atoms with van der Waals surface area (Å²) in [6.45, 7) is 0.459. The van der Waals surface area contributed by atoms with Crippen molar-refractivity contribution in [2.75, 3.05) is 33.4 Å². The molecule has 0 radical (unpaired) electrons. The van der Waals surface area contributed by atoms with Crippen LogP contribution >= 0.6 is 0 Å². The Hall–Kier alpha value is -2.28. The molecule has 7 heteroatoms. The van der Waals surface area contributed by atoms with Gasteiger partial charge in [0.1, 0.15) is 11.5 Å². The fourth-order valence-electron chi connectivity index (χ4n) is 1.95. The number of carbonyl (C=O) groups excluding carboxylic acids is 1. The highest BCUT2D eigenvalue weighted by molar-refractivity contribution is 5.79. The summed E-state index contributed by atoms with van der Waals surface area (Å²) < 4.78 is 15.5. The van der Waals surface area contributed by atoms with E-state index in [2.05, 4.69) is 0 Å². The summed E-state index contributed by atoms with van der Waals surface area (Å²) in [5, 5.41) is 8.90. The summed E-state index contributed by atoms with van der Waals surface area (Å²) in [7, 11) is 1.55. The van der Waals surface area contributed by atoms with Crippen LogP contribution in [0.15, 0.2) is 24.3 Å². The van der Waals surface area contributed by atoms with Crippen molar-refractivity contribution in [3.05, 3.63) is 24.3 Å². The molecule has 0 saturated carbocycles. The molecule has 1 aromatic carbocycles. The third-order valence-corrected chi connectivity index (χ3v) is 3.10. The molecule has 0 aromatic heterocycles. The van der Waals surface area contributed by atoms with Gasteiger partial charge in [0.2, 0.25) is 0 Å². The molecule has 7 nitrogen and oxygen atoms in total. The molecule has 1 aliphatic heterocycles. The Morgan fingerprint density at radius 1 is 1.43 bits per heavy atom. The molecule has 1 saturated heterocycles. The van der Waals surface area contributed by atoms with Gasteiger partial charge in [0, 0.05) is 12.6 Å². The van der Waals surface area contributed by atoms with Crippen molar-refractivity contribution in [2.45, 2.75) is 6.10 Å². The van der Waals surface area contributed by atoms with Crippen LogP contribution in [0.5, 0.6) is 11.5 Å². The molecule has 1 aliphatic rings. The number of benzene rings is 1. The highest BCUT2D eigenvalue weighted by Crippen LogP contribution is 2.19. The van der Waals surface area contributed by atoms with Gasteiger partial charge in [-0.05, 0) is 12.1 Å². The van der Waals surface area contributed by atoms with Gasteiger partial charge < -0.3 is 24.2 Å². The standard InChI is InChI=1S/C14H17NO6/c1-19-10-3-2-4-11(7-10)21-9-13(16)15-5-6-20-12(8-15)14(17)18/h2-4,7,12H,5-6,8-9H2,1H3,(H,17,18). The average molecular weight is 295 g/mol. The van der Waals surface area contributed by atoms with E-state index < -0.39 is 12.1 Å². The maximum absolute atomic E-state index is 12.0. The first-order chi connectivity index (χ1) is 10.1. The van der Waals surface area contributed by atoms with Crippen LogP contribution in [0.2, 0.25) is 0 Å². The first-order valence-electron chi connectivity index (χ1n) is 6.49. The first-order valence-corrected chi connectivity index (χ1v) is 6.49. The van der Waals surface area contributed by atoms with Gasteiger partial charge in [0.05, 0.1) is 20.3 Å². The highest BCUT2D eigenvalue weighted by atomic mass is 16.5. The number of carboxylic acids is 1. The zero-order valence-corrected chi connectivity index (χ0v) is 11.7. The van der Waals surface area contributed by atoms with E-state index in [-0.39, 0.29) is 25.7 Å². The minimum atomic E-state index is -1.07. The van der Waals surface area contributed by atoms with Crippen LogP contribution in [-0.2, 0) is 14.3 Å². The molecular formula is C14H17NO6. The molecule has 1 fully saturated rings. The molecule has 1 unspecified atom stereocenters. The Balaban J connectivity index is 1.87. The van der Waals surface area contributed by atoms with Crippen LogP contribution in [0.4, 0.5) is 0 Å². The number of ether oxygens (including phenoxy) is 3. The smallest absolute Gasteiger partial charge is 0.334 e. The summed E-state index contributed by atoms with van der Waals surface area (Å²) in [5.74, 6) is -0.184. The van der Waals surface area contributed by atoms with Gasteiger partial charge in [-0.1, -0.05) is 6.07 Å². The Morgan fingerprint density at radius 2 is 2.19 bits per heavy atom. The van der Waals surface area contributed by atoms with Crippen molar-refractivity contribution in [3.63, 3.8) is 0 Å². The van der Waals surface area contributed by atoms with Crippen molar-refractivity contribution < 1.29 is 28.9 Å². The van der Waals surface area contributed by atoms with E-state index in [1.54, 1.807) is 31.4 Å². The van der Waals surface area contributed by atoms with Crippen LogP contribution in [-0.4, -0.2) is 61.4 Å². The third-order valence-electron chi connectivity index (χ3n) is 3.10. The number of hydrogen-bond donors (Lipinski definition) is 1. The lowest BCUT2D eigenvalue weighted by Gasteiger charge is -2.30. The number of amides is 1. The summed E-state index contributed by atoms with van der Waals surface area (Å²) in [5.41, 5.74) is 0. The normalized spacial score (nSPS) is 18.1. The lowest BCUT2D eigenvalue weighted by atomic mass is 10.2. The van der Waals surface area contributed by atoms with Crippen LogP contribution in [0.3, 0.4) is 0 Å². The largest absolute Gasteiger partial charge is 0.497 e. The van der Waals surface area contributed by atoms with E-state index in [0.717, 1.165) is 0 Å². The summed E-state index contributed by atoms with van der Waals surface area (Å²) in [4.78, 5) is 24.3. The maximum Gasteiger partial charge on any atom is 0.334 e. The molecule has 0 aliphatic carbocycles. The monoisotopic (exact) mass is 295 g/mol. The zero-order valence-electron chi connectivity index (χ0n) is 11.7. The Morgan fingerprint density at radius 3 is 2.90 bits per heavy atom. The minimum Gasteiger partial charge on any atom is -0.497 e. The quantitative estimate of drug-likeness (QED) is 0.845. The molecule has 1 N–H and O–H groups in total. The molecule has 1 amide bonds. The molecule has 0 spiro atoms. The summed E-state index contributed by atoms with van der Waals surface area (Å²) >= 11 is 0. The second kappa shape index (κ2) is 6.94. The SMILES string of the molecule is COc1cccc(OCC(=O)N2CCOC(C(=O)O)C2)c1. The van der Waals surface area contributed by atoms with Crippen molar-refractivity contribution in [3.8, 4) is 11.5 Å². The number of rotatable bonds is 5. The molecule has 0 bridgehead atoms. The number of hydrogen-bond acceptors (Lipinski definition) is 5. The lowest BCUT2D eigenvalue weighted by Crippen LogP contribution is -2.49. The van der Waals surface area contributed by atoms with E-state index >= 15 is 0 Å². The van der Waals surface area contributed by atoms with E-state index in [1.165, 1.54) is 4.90 Å². The maximum atomic E-state index is 12.0. The number of carbonyl (C=O) groups is 2. The van der Waals surface area contributed by atoms with Crippen molar-refractivity contribution >= 4 is 11.9 Å². The Labute approximate surface area is 122 Å². The zero-order chi connectivity index (χ0) is 15.2. The van der Waals surface area contributed by atoms with Gasteiger partial charge in [-0.3, -0.25) is 4.79 Å². The fourth-order valence-corrected chi connectivity index (χ4v) is 1.95.